The molecule has 1 aliphatic rings. The van der Waals surface area contributed by atoms with E-state index in [0.717, 1.165) is 17.1 Å². The molecule has 0 saturated heterocycles. The molecule has 1 unspecified atom stereocenters. The number of hydrogen-bond donors (Lipinski definition) is 0. The minimum atomic E-state index is -4.94. The molecular weight excluding hydrogens is 404 g/mol. The van der Waals surface area contributed by atoms with E-state index >= 15 is 0 Å². The van der Waals surface area contributed by atoms with Gasteiger partial charge in [0.15, 0.2) is 0 Å². The van der Waals surface area contributed by atoms with Crippen molar-refractivity contribution in [2.75, 3.05) is 0 Å². The summed E-state index contributed by atoms with van der Waals surface area (Å²) in [4.78, 5) is 0. The van der Waals surface area contributed by atoms with Crippen LogP contribution in [0.5, 0.6) is 0 Å². The van der Waals surface area contributed by atoms with Crippen LogP contribution in [0.25, 0.3) is 33.2 Å². The van der Waals surface area contributed by atoms with Gasteiger partial charge >= 0.3 is 11.5 Å². The Morgan fingerprint density at radius 3 is 2.17 bits per heavy atom. The van der Waals surface area contributed by atoms with Crippen LogP contribution in [0.3, 0.4) is 0 Å². The van der Waals surface area contributed by atoms with Gasteiger partial charge in [0.05, 0.1) is 17.0 Å². The van der Waals surface area contributed by atoms with Crippen LogP contribution in [0.1, 0.15) is 29.7 Å². The Balaban J connectivity index is 0.000000393. The van der Waals surface area contributed by atoms with Gasteiger partial charge in [-0.2, -0.15) is 0 Å². The highest BCUT2D eigenvalue weighted by atomic mass is 35.7. The standard InChI is InChI=1S/C24H19O.ClHO4/c1-15-13-22(19-12-11-17-7-3-4-8-18(17)14-19)25-24-16(2)20-9-5-6-10-21(20)23(15)24;2-1(3,4)5/h3-14,16H,1-2H3;(H,2,3,4,5)/q+1;/p-1. The molecule has 0 fully saturated rings. The predicted molar refractivity (Wildman–Crippen MR) is 104 cm³/mol. The Hall–Kier alpha value is -2.80. The van der Waals surface area contributed by atoms with Crippen molar-refractivity contribution >= 4 is 10.8 Å². The van der Waals surface area contributed by atoms with E-state index in [0.29, 0.717) is 5.92 Å². The highest BCUT2D eigenvalue weighted by molar-refractivity contribution is 5.87. The molecule has 3 aromatic carbocycles. The third-order valence-corrected chi connectivity index (χ3v) is 5.33. The fraction of sp³-hybridized carbons (Fsp3) is 0.125. The lowest BCUT2D eigenvalue weighted by molar-refractivity contribution is -2.00. The van der Waals surface area contributed by atoms with E-state index in [1.807, 2.05) is 0 Å². The van der Waals surface area contributed by atoms with E-state index in [-0.39, 0.29) is 0 Å². The molecule has 0 radical (unpaired) electrons. The molecule has 4 aromatic rings. The molecule has 0 N–H and O–H groups in total. The maximum Gasteiger partial charge on any atom is 0.360 e. The van der Waals surface area contributed by atoms with Gasteiger partial charge in [-0.3, -0.25) is 0 Å². The molecule has 152 valence electrons. The highest BCUT2D eigenvalue weighted by Crippen LogP contribution is 2.47. The Morgan fingerprint density at radius 2 is 1.43 bits per heavy atom. The van der Waals surface area contributed by atoms with Crippen molar-refractivity contribution in [1.82, 2.24) is 0 Å². The molecular formula is C24H19ClO5. The maximum absolute atomic E-state index is 8.49. The summed E-state index contributed by atoms with van der Waals surface area (Å²) in [6.45, 7) is 4.42. The van der Waals surface area contributed by atoms with Crippen molar-refractivity contribution in [1.29, 1.82) is 0 Å². The lowest BCUT2D eigenvalue weighted by atomic mass is 10.0. The van der Waals surface area contributed by atoms with E-state index in [1.165, 1.54) is 33.0 Å². The van der Waals surface area contributed by atoms with Crippen LogP contribution in [-0.4, -0.2) is 0 Å². The van der Waals surface area contributed by atoms with Crippen LogP contribution in [-0.2, 0) is 0 Å². The molecule has 0 bridgehead atoms. The third-order valence-electron chi connectivity index (χ3n) is 5.33. The zero-order chi connectivity index (χ0) is 21.5. The molecule has 1 atom stereocenters. The Kier molecular flexibility index (Phi) is 5.32. The molecule has 6 heteroatoms. The Morgan fingerprint density at radius 1 is 0.800 bits per heavy atom. The van der Waals surface area contributed by atoms with Gasteiger partial charge < -0.3 is 0 Å². The molecule has 5 rings (SSSR count). The van der Waals surface area contributed by atoms with Crippen molar-refractivity contribution < 1.29 is 33.3 Å². The number of hydrogen-bond acceptors (Lipinski definition) is 4. The van der Waals surface area contributed by atoms with Crippen LogP contribution < -0.4 is 18.6 Å². The monoisotopic (exact) mass is 422 g/mol. The minimum Gasteiger partial charge on any atom is -0.222 e. The second-order valence-electron chi connectivity index (χ2n) is 7.28. The summed E-state index contributed by atoms with van der Waals surface area (Å²) in [5.74, 6) is 2.33. The van der Waals surface area contributed by atoms with E-state index in [9.17, 15) is 0 Å². The maximum atomic E-state index is 8.49. The zero-order valence-electron chi connectivity index (χ0n) is 16.4. The summed E-state index contributed by atoms with van der Waals surface area (Å²) < 4.78 is 40.4. The summed E-state index contributed by atoms with van der Waals surface area (Å²) in [6.07, 6.45) is 0. The summed E-state index contributed by atoms with van der Waals surface area (Å²) in [5.41, 5.74) is 6.36. The first kappa shape index (κ1) is 20.5. The van der Waals surface area contributed by atoms with E-state index in [2.05, 4.69) is 86.6 Å². The smallest absolute Gasteiger partial charge is 0.222 e. The van der Waals surface area contributed by atoms with Gasteiger partial charge in [0.25, 0.3) is 0 Å². The first-order chi connectivity index (χ1) is 14.2. The number of aryl methyl sites for hydroxylation is 1. The first-order valence-electron chi connectivity index (χ1n) is 9.40. The number of benzene rings is 3. The first-order valence-corrected chi connectivity index (χ1v) is 10.6. The number of rotatable bonds is 1. The van der Waals surface area contributed by atoms with Gasteiger partial charge in [0.2, 0.25) is 0 Å². The molecule has 30 heavy (non-hydrogen) atoms. The van der Waals surface area contributed by atoms with Gasteiger partial charge in [-0.15, -0.1) is 10.2 Å². The fourth-order valence-electron chi connectivity index (χ4n) is 4.04. The Labute approximate surface area is 176 Å². The van der Waals surface area contributed by atoms with Gasteiger partial charge in [-0.25, -0.2) is 23.1 Å². The highest BCUT2D eigenvalue weighted by Gasteiger charge is 2.37. The average Bonchev–Trinajstić information content (AvgIpc) is 2.99. The molecule has 1 heterocycles. The summed E-state index contributed by atoms with van der Waals surface area (Å²) in [5, 5.41) is 2.49. The fourth-order valence-corrected chi connectivity index (χ4v) is 4.04. The molecule has 1 aromatic heterocycles. The van der Waals surface area contributed by atoms with Crippen LogP contribution in [0.2, 0.25) is 0 Å². The minimum absolute atomic E-state index is 0.297. The third kappa shape index (κ3) is 4.07. The van der Waals surface area contributed by atoms with Gasteiger partial charge in [0.1, 0.15) is 0 Å². The lowest BCUT2D eigenvalue weighted by Gasteiger charge is -2.17. The summed E-state index contributed by atoms with van der Waals surface area (Å²) in [7, 11) is -4.94. The molecule has 1 aliphatic carbocycles. The second kappa shape index (κ2) is 7.80. The van der Waals surface area contributed by atoms with Crippen molar-refractivity contribution in [2.45, 2.75) is 19.8 Å². The quantitative estimate of drug-likeness (QED) is 0.437. The second-order valence-corrected chi connectivity index (χ2v) is 8.04. The average molecular weight is 423 g/mol. The molecule has 0 aliphatic heterocycles. The van der Waals surface area contributed by atoms with E-state index in [1.54, 1.807) is 0 Å². The van der Waals surface area contributed by atoms with Crippen molar-refractivity contribution in [3.8, 4) is 22.5 Å². The van der Waals surface area contributed by atoms with Crippen molar-refractivity contribution in [3.63, 3.8) is 0 Å². The topological polar surface area (TPSA) is 104 Å². The SMILES string of the molecule is Cc1cc(-c2ccc3ccccc3c2)[o+]c2c1-c1ccccc1C2C.[O-][Cl+3]([O-])([O-])[O-]. The van der Waals surface area contributed by atoms with Crippen LogP contribution in [0.4, 0.5) is 0 Å². The Bertz CT molecular complexity index is 1220. The number of fused-ring (bicyclic) bond motifs is 4. The van der Waals surface area contributed by atoms with E-state index < -0.39 is 10.2 Å². The van der Waals surface area contributed by atoms with Gasteiger partial charge in [-0.05, 0) is 53.4 Å². The summed E-state index contributed by atoms with van der Waals surface area (Å²) in [6, 6.07) is 25.8. The zero-order valence-corrected chi connectivity index (χ0v) is 17.2. The molecule has 5 nitrogen and oxygen atoms in total. The van der Waals surface area contributed by atoms with Crippen LogP contribution in [0.15, 0.2) is 77.2 Å². The molecule has 0 amide bonds. The van der Waals surface area contributed by atoms with Crippen molar-refractivity contribution in [3.05, 3.63) is 89.7 Å². The largest absolute Gasteiger partial charge is 0.360 e. The van der Waals surface area contributed by atoms with Gasteiger partial charge in [0, 0.05) is 6.07 Å². The normalized spacial score (nSPS) is 14.7. The predicted octanol–water partition coefficient (Wildman–Crippen LogP) is 2.07. The van der Waals surface area contributed by atoms with E-state index in [4.69, 9.17) is 23.1 Å². The van der Waals surface area contributed by atoms with Crippen LogP contribution in [0, 0.1) is 17.2 Å². The number of halogens is 1. The molecule has 0 saturated carbocycles. The molecule has 0 spiro atoms. The van der Waals surface area contributed by atoms with Crippen molar-refractivity contribution in [2.24, 2.45) is 0 Å². The lowest BCUT2D eigenvalue weighted by Crippen LogP contribution is -2.68. The van der Waals surface area contributed by atoms with Crippen LogP contribution >= 0.6 is 0 Å². The summed E-state index contributed by atoms with van der Waals surface area (Å²) >= 11 is 0. The van der Waals surface area contributed by atoms with Gasteiger partial charge in [-0.1, -0.05) is 54.6 Å².